The molecule has 1 heterocycles. The molecule has 2 aliphatic rings. The lowest BCUT2D eigenvalue weighted by atomic mass is 9.73. The van der Waals surface area contributed by atoms with E-state index in [2.05, 4.69) is 10.6 Å². The highest BCUT2D eigenvalue weighted by atomic mass is 16.6. The SMILES string of the molecule is CC1CCCCC12NC(=O)N(CC(=O)Nc1ccc([N+](=O)[O-])cc1)C2=O. The average molecular weight is 360 g/mol. The highest BCUT2D eigenvalue weighted by Gasteiger charge is 2.55. The van der Waals surface area contributed by atoms with Gasteiger partial charge in [0.2, 0.25) is 5.91 Å². The molecule has 0 aromatic heterocycles. The second-order valence-electron chi connectivity index (χ2n) is 6.79. The molecule has 26 heavy (non-hydrogen) atoms. The predicted molar refractivity (Wildman–Crippen MR) is 92.3 cm³/mol. The van der Waals surface area contributed by atoms with Gasteiger partial charge < -0.3 is 10.6 Å². The number of hydrogen-bond donors (Lipinski definition) is 2. The van der Waals surface area contributed by atoms with Crippen LogP contribution in [0.3, 0.4) is 0 Å². The minimum Gasteiger partial charge on any atom is -0.325 e. The van der Waals surface area contributed by atoms with Gasteiger partial charge in [-0.3, -0.25) is 24.6 Å². The quantitative estimate of drug-likeness (QED) is 0.483. The van der Waals surface area contributed by atoms with Crippen molar-refractivity contribution in [1.29, 1.82) is 0 Å². The molecule has 1 saturated heterocycles. The molecule has 9 heteroatoms. The van der Waals surface area contributed by atoms with E-state index in [0.717, 1.165) is 24.2 Å². The lowest BCUT2D eigenvalue weighted by molar-refractivity contribution is -0.384. The van der Waals surface area contributed by atoms with Gasteiger partial charge >= 0.3 is 6.03 Å². The van der Waals surface area contributed by atoms with Gasteiger partial charge in [-0.15, -0.1) is 0 Å². The van der Waals surface area contributed by atoms with Gasteiger partial charge in [0.15, 0.2) is 0 Å². The third-order valence-electron chi connectivity index (χ3n) is 5.17. The van der Waals surface area contributed by atoms with Crippen molar-refractivity contribution in [1.82, 2.24) is 10.2 Å². The fourth-order valence-corrected chi connectivity index (χ4v) is 3.65. The third kappa shape index (κ3) is 3.12. The second kappa shape index (κ2) is 6.74. The number of imide groups is 1. The molecule has 0 radical (unpaired) electrons. The lowest BCUT2D eigenvalue weighted by Crippen LogP contribution is -2.54. The van der Waals surface area contributed by atoms with E-state index in [0.29, 0.717) is 12.1 Å². The Balaban J connectivity index is 1.66. The molecule has 1 aromatic carbocycles. The first kappa shape index (κ1) is 17.8. The number of amides is 4. The molecule has 2 N–H and O–H groups in total. The van der Waals surface area contributed by atoms with Gasteiger partial charge in [0.1, 0.15) is 12.1 Å². The number of hydrogen-bond acceptors (Lipinski definition) is 5. The van der Waals surface area contributed by atoms with Crippen molar-refractivity contribution in [2.75, 3.05) is 11.9 Å². The zero-order valence-electron chi connectivity index (χ0n) is 14.4. The van der Waals surface area contributed by atoms with Crippen LogP contribution in [0.2, 0.25) is 0 Å². The predicted octanol–water partition coefficient (Wildman–Crippen LogP) is 2.03. The van der Waals surface area contributed by atoms with Crippen molar-refractivity contribution in [3.63, 3.8) is 0 Å². The summed E-state index contributed by atoms with van der Waals surface area (Å²) in [4.78, 5) is 48.3. The van der Waals surface area contributed by atoms with E-state index in [9.17, 15) is 24.5 Å². The van der Waals surface area contributed by atoms with Crippen LogP contribution in [-0.4, -0.2) is 39.8 Å². The first-order valence-corrected chi connectivity index (χ1v) is 8.52. The summed E-state index contributed by atoms with van der Waals surface area (Å²) in [6, 6.07) is 4.77. The molecule has 2 fully saturated rings. The molecule has 0 bridgehead atoms. The number of non-ortho nitro benzene ring substituents is 1. The fraction of sp³-hybridized carbons (Fsp3) is 0.471. The molecule has 1 aliphatic carbocycles. The molecule has 4 amide bonds. The molecule has 2 atom stereocenters. The molecule has 138 valence electrons. The fourth-order valence-electron chi connectivity index (χ4n) is 3.65. The summed E-state index contributed by atoms with van der Waals surface area (Å²) < 4.78 is 0. The molecule has 2 unspecified atom stereocenters. The highest BCUT2D eigenvalue weighted by Crippen LogP contribution is 2.38. The number of nitrogens with one attached hydrogen (secondary N) is 2. The monoisotopic (exact) mass is 360 g/mol. The van der Waals surface area contributed by atoms with E-state index in [1.807, 2.05) is 6.92 Å². The third-order valence-corrected chi connectivity index (χ3v) is 5.17. The molecule has 1 spiro atoms. The maximum atomic E-state index is 12.8. The Morgan fingerprint density at radius 3 is 2.65 bits per heavy atom. The van der Waals surface area contributed by atoms with Crippen molar-refractivity contribution in [2.45, 2.75) is 38.1 Å². The first-order chi connectivity index (χ1) is 12.3. The van der Waals surface area contributed by atoms with Gasteiger partial charge in [0.25, 0.3) is 11.6 Å². The largest absolute Gasteiger partial charge is 0.325 e. The number of nitro benzene ring substituents is 1. The summed E-state index contributed by atoms with van der Waals surface area (Å²) in [7, 11) is 0. The Morgan fingerprint density at radius 2 is 2.04 bits per heavy atom. The summed E-state index contributed by atoms with van der Waals surface area (Å²) in [5.41, 5.74) is -0.637. The van der Waals surface area contributed by atoms with Gasteiger partial charge in [-0.2, -0.15) is 0 Å². The van der Waals surface area contributed by atoms with Crippen molar-refractivity contribution in [3.05, 3.63) is 34.4 Å². The highest BCUT2D eigenvalue weighted by molar-refractivity contribution is 6.10. The van der Waals surface area contributed by atoms with Crippen LogP contribution in [0.4, 0.5) is 16.2 Å². The zero-order chi connectivity index (χ0) is 18.9. The molecule has 1 aromatic rings. The summed E-state index contributed by atoms with van der Waals surface area (Å²) in [6.45, 7) is 1.55. The van der Waals surface area contributed by atoms with Crippen LogP contribution in [0.5, 0.6) is 0 Å². The molecule has 1 aliphatic heterocycles. The van der Waals surface area contributed by atoms with E-state index in [-0.39, 0.29) is 17.5 Å². The van der Waals surface area contributed by atoms with Gasteiger partial charge in [0.05, 0.1) is 4.92 Å². The van der Waals surface area contributed by atoms with E-state index >= 15 is 0 Å². The molecular weight excluding hydrogens is 340 g/mol. The second-order valence-corrected chi connectivity index (χ2v) is 6.79. The van der Waals surface area contributed by atoms with Crippen LogP contribution in [0.15, 0.2) is 24.3 Å². The van der Waals surface area contributed by atoms with E-state index in [1.54, 1.807) is 0 Å². The standard InChI is InChI=1S/C17H20N4O5/c1-11-4-2-3-9-17(11)15(23)20(16(24)19-17)10-14(22)18-12-5-7-13(8-6-12)21(25)26/h5-8,11H,2-4,9-10H2,1H3,(H,18,22)(H,19,24). The number of urea groups is 1. The van der Waals surface area contributed by atoms with Crippen LogP contribution in [0, 0.1) is 16.0 Å². The summed E-state index contributed by atoms with van der Waals surface area (Å²) in [6.07, 6.45) is 3.32. The van der Waals surface area contributed by atoms with Crippen molar-refractivity contribution in [3.8, 4) is 0 Å². The van der Waals surface area contributed by atoms with E-state index in [1.165, 1.54) is 24.3 Å². The van der Waals surface area contributed by atoms with Crippen LogP contribution in [0.25, 0.3) is 0 Å². The molecule has 9 nitrogen and oxygen atoms in total. The van der Waals surface area contributed by atoms with Crippen molar-refractivity contribution < 1.29 is 19.3 Å². The Hall–Kier alpha value is -2.97. The summed E-state index contributed by atoms with van der Waals surface area (Å²) in [5.74, 6) is -0.869. The minimum absolute atomic E-state index is 0.0235. The Morgan fingerprint density at radius 1 is 1.35 bits per heavy atom. The number of rotatable bonds is 4. The van der Waals surface area contributed by atoms with Crippen molar-refractivity contribution in [2.24, 2.45) is 5.92 Å². The number of carbonyl (C=O) groups is 3. The molecular formula is C17H20N4O5. The van der Waals surface area contributed by atoms with E-state index < -0.39 is 28.9 Å². The molecule has 3 rings (SSSR count). The summed E-state index contributed by atoms with van der Waals surface area (Å²) in [5, 5.41) is 16.0. The first-order valence-electron chi connectivity index (χ1n) is 8.52. The number of nitrogens with zero attached hydrogens (tertiary/aromatic N) is 2. The Labute approximate surface area is 149 Å². The minimum atomic E-state index is -0.900. The maximum absolute atomic E-state index is 12.8. The topological polar surface area (TPSA) is 122 Å². The molecule has 1 saturated carbocycles. The normalized spacial score (nSPS) is 25.3. The smallest absolute Gasteiger partial charge is 0.325 e. The lowest BCUT2D eigenvalue weighted by Gasteiger charge is -2.36. The van der Waals surface area contributed by atoms with Crippen LogP contribution < -0.4 is 10.6 Å². The number of carbonyl (C=O) groups excluding carboxylic acids is 3. The van der Waals surface area contributed by atoms with Crippen LogP contribution in [0.1, 0.15) is 32.6 Å². The van der Waals surface area contributed by atoms with Gasteiger partial charge in [-0.25, -0.2) is 4.79 Å². The average Bonchev–Trinajstić information content (AvgIpc) is 2.83. The van der Waals surface area contributed by atoms with Crippen LogP contribution >= 0.6 is 0 Å². The number of nitro groups is 1. The van der Waals surface area contributed by atoms with Crippen molar-refractivity contribution >= 4 is 29.2 Å². The van der Waals surface area contributed by atoms with Gasteiger partial charge in [-0.05, 0) is 30.9 Å². The zero-order valence-corrected chi connectivity index (χ0v) is 14.4. The van der Waals surface area contributed by atoms with Gasteiger partial charge in [-0.1, -0.05) is 19.8 Å². The van der Waals surface area contributed by atoms with Gasteiger partial charge in [0, 0.05) is 17.8 Å². The summed E-state index contributed by atoms with van der Waals surface area (Å²) >= 11 is 0. The number of benzene rings is 1. The Bertz CT molecular complexity index is 763. The maximum Gasteiger partial charge on any atom is 0.325 e. The van der Waals surface area contributed by atoms with Crippen LogP contribution in [-0.2, 0) is 9.59 Å². The Kier molecular flexibility index (Phi) is 4.62. The number of anilines is 1. The van der Waals surface area contributed by atoms with E-state index in [4.69, 9.17) is 0 Å².